The van der Waals surface area contributed by atoms with Gasteiger partial charge in [-0.2, -0.15) is 0 Å². The zero-order valence-electron chi connectivity index (χ0n) is 15.9. The standard InChI is InChI=1S/C20H33N3O2/c1-3-16(2)19(24)23-14-8-18(9-15-23)21-12-6-17(7-13-21)20(25)22-10-4-5-11-22/h3,17-18H,4-15H2,1-2H3. The summed E-state index contributed by atoms with van der Waals surface area (Å²) in [6.07, 6.45) is 8.39. The molecule has 0 atom stereocenters. The molecule has 0 saturated carbocycles. The summed E-state index contributed by atoms with van der Waals surface area (Å²) in [5.41, 5.74) is 0.847. The molecule has 3 fully saturated rings. The van der Waals surface area contributed by atoms with Crippen LogP contribution in [0.5, 0.6) is 0 Å². The molecule has 3 aliphatic heterocycles. The van der Waals surface area contributed by atoms with Crippen molar-refractivity contribution in [1.29, 1.82) is 0 Å². The van der Waals surface area contributed by atoms with Gasteiger partial charge in [-0.1, -0.05) is 6.08 Å². The first-order valence-corrected chi connectivity index (χ1v) is 10.0. The van der Waals surface area contributed by atoms with Crippen molar-refractivity contribution in [2.75, 3.05) is 39.3 Å². The molecule has 0 aromatic heterocycles. The molecule has 0 N–H and O–H groups in total. The van der Waals surface area contributed by atoms with Gasteiger partial charge in [-0.05, 0) is 65.5 Å². The molecular formula is C20H33N3O2. The summed E-state index contributed by atoms with van der Waals surface area (Å²) < 4.78 is 0. The van der Waals surface area contributed by atoms with E-state index in [1.54, 1.807) is 0 Å². The summed E-state index contributed by atoms with van der Waals surface area (Å²) in [6, 6.07) is 0.581. The molecule has 3 aliphatic rings. The van der Waals surface area contributed by atoms with Crippen LogP contribution in [0.25, 0.3) is 0 Å². The second-order valence-corrected chi connectivity index (χ2v) is 7.84. The van der Waals surface area contributed by atoms with Gasteiger partial charge < -0.3 is 14.7 Å². The highest BCUT2D eigenvalue weighted by molar-refractivity contribution is 5.92. The number of carbonyl (C=O) groups excluding carboxylic acids is 2. The van der Waals surface area contributed by atoms with Gasteiger partial charge in [-0.3, -0.25) is 9.59 Å². The van der Waals surface area contributed by atoms with Crippen LogP contribution in [-0.2, 0) is 9.59 Å². The van der Waals surface area contributed by atoms with Gasteiger partial charge in [0.25, 0.3) is 0 Å². The monoisotopic (exact) mass is 347 g/mol. The van der Waals surface area contributed by atoms with Crippen LogP contribution in [0.1, 0.15) is 52.4 Å². The highest BCUT2D eigenvalue weighted by Crippen LogP contribution is 2.26. The van der Waals surface area contributed by atoms with Crippen LogP contribution in [0.4, 0.5) is 0 Å². The first-order valence-electron chi connectivity index (χ1n) is 10.0. The summed E-state index contributed by atoms with van der Waals surface area (Å²) in [5, 5.41) is 0. The Hall–Kier alpha value is -1.36. The van der Waals surface area contributed by atoms with Gasteiger partial charge in [0.15, 0.2) is 0 Å². The number of hydrogen-bond donors (Lipinski definition) is 0. The van der Waals surface area contributed by atoms with Crippen LogP contribution in [0.3, 0.4) is 0 Å². The van der Waals surface area contributed by atoms with Crippen LogP contribution >= 0.6 is 0 Å². The molecule has 0 radical (unpaired) electrons. The molecule has 140 valence electrons. The van der Waals surface area contributed by atoms with E-state index in [0.29, 0.717) is 11.9 Å². The Bertz CT molecular complexity index is 509. The Morgan fingerprint density at radius 2 is 1.44 bits per heavy atom. The van der Waals surface area contributed by atoms with E-state index in [2.05, 4.69) is 9.80 Å². The lowest BCUT2D eigenvalue weighted by molar-refractivity contribution is -0.136. The maximum absolute atomic E-state index is 12.6. The minimum absolute atomic E-state index is 0.191. The van der Waals surface area contributed by atoms with Crippen molar-refractivity contribution in [2.45, 2.75) is 58.4 Å². The Morgan fingerprint density at radius 1 is 0.840 bits per heavy atom. The third kappa shape index (κ3) is 4.25. The van der Waals surface area contributed by atoms with E-state index in [4.69, 9.17) is 0 Å². The Labute approximate surface area is 152 Å². The summed E-state index contributed by atoms with van der Waals surface area (Å²) >= 11 is 0. The van der Waals surface area contributed by atoms with Crippen LogP contribution in [0.2, 0.25) is 0 Å². The summed E-state index contributed by atoms with van der Waals surface area (Å²) in [6.45, 7) is 9.56. The number of likely N-dealkylation sites (tertiary alicyclic amines) is 3. The van der Waals surface area contributed by atoms with Crippen LogP contribution in [0.15, 0.2) is 11.6 Å². The first-order chi connectivity index (χ1) is 12.1. The first kappa shape index (κ1) is 18.4. The second kappa shape index (κ2) is 8.35. The molecule has 0 bridgehead atoms. The minimum atomic E-state index is 0.191. The van der Waals surface area contributed by atoms with Gasteiger partial charge in [0, 0.05) is 43.7 Å². The van der Waals surface area contributed by atoms with Crippen molar-refractivity contribution >= 4 is 11.8 Å². The highest BCUT2D eigenvalue weighted by atomic mass is 16.2. The fraction of sp³-hybridized carbons (Fsp3) is 0.800. The van der Waals surface area contributed by atoms with Crippen molar-refractivity contribution in [3.63, 3.8) is 0 Å². The lowest BCUT2D eigenvalue weighted by Crippen LogP contribution is -2.50. The van der Waals surface area contributed by atoms with Gasteiger partial charge in [0.2, 0.25) is 11.8 Å². The minimum Gasteiger partial charge on any atom is -0.342 e. The van der Waals surface area contributed by atoms with E-state index in [9.17, 15) is 9.59 Å². The normalized spacial score (nSPS) is 24.8. The number of rotatable bonds is 3. The molecule has 5 heteroatoms. The molecule has 0 spiro atoms. The van der Waals surface area contributed by atoms with Crippen molar-refractivity contribution in [3.8, 4) is 0 Å². The fourth-order valence-electron chi connectivity index (χ4n) is 4.51. The summed E-state index contributed by atoms with van der Waals surface area (Å²) in [5.74, 6) is 0.837. The van der Waals surface area contributed by atoms with Crippen LogP contribution in [-0.4, -0.2) is 71.8 Å². The zero-order chi connectivity index (χ0) is 17.8. The van der Waals surface area contributed by atoms with Crippen molar-refractivity contribution in [2.24, 2.45) is 5.92 Å². The van der Waals surface area contributed by atoms with E-state index < -0.39 is 0 Å². The predicted molar refractivity (Wildman–Crippen MR) is 99.1 cm³/mol. The SMILES string of the molecule is CC=C(C)C(=O)N1CCC(N2CCC(C(=O)N3CCCC3)CC2)CC1. The highest BCUT2D eigenvalue weighted by Gasteiger charge is 2.33. The van der Waals surface area contributed by atoms with E-state index in [0.717, 1.165) is 70.5 Å². The quantitative estimate of drug-likeness (QED) is 0.736. The molecule has 0 aromatic carbocycles. The van der Waals surface area contributed by atoms with E-state index in [1.165, 1.54) is 12.8 Å². The number of amides is 2. The smallest absolute Gasteiger partial charge is 0.249 e. The topological polar surface area (TPSA) is 43.9 Å². The fourth-order valence-corrected chi connectivity index (χ4v) is 4.51. The average Bonchev–Trinajstić information content (AvgIpc) is 3.21. The van der Waals surface area contributed by atoms with E-state index >= 15 is 0 Å². The molecule has 5 nitrogen and oxygen atoms in total. The summed E-state index contributed by atoms with van der Waals surface area (Å²) in [7, 11) is 0. The lowest BCUT2D eigenvalue weighted by atomic mass is 9.92. The third-order valence-corrected chi connectivity index (χ3v) is 6.33. The third-order valence-electron chi connectivity index (χ3n) is 6.33. The average molecular weight is 348 g/mol. The number of nitrogens with zero attached hydrogens (tertiary/aromatic N) is 3. The number of carbonyl (C=O) groups is 2. The maximum atomic E-state index is 12.6. The van der Waals surface area contributed by atoms with E-state index in [1.807, 2.05) is 24.8 Å². The lowest BCUT2D eigenvalue weighted by Gasteiger charge is -2.42. The molecule has 3 saturated heterocycles. The van der Waals surface area contributed by atoms with Crippen LogP contribution < -0.4 is 0 Å². The second-order valence-electron chi connectivity index (χ2n) is 7.84. The molecule has 0 unspecified atom stereocenters. The van der Waals surface area contributed by atoms with Crippen molar-refractivity contribution in [1.82, 2.24) is 14.7 Å². The maximum Gasteiger partial charge on any atom is 0.249 e. The van der Waals surface area contributed by atoms with Gasteiger partial charge in [-0.15, -0.1) is 0 Å². The molecular weight excluding hydrogens is 314 g/mol. The van der Waals surface area contributed by atoms with Gasteiger partial charge in [0.05, 0.1) is 0 Å². The van der Waals surface area contributed by atoms with Gasteiger partial charge in [-0.25, -0.2) is 0 Å². The largest absolute Gasteiger partial charge is 0.342 e. The number of piperidine rings is 2. The van der Waals surface area contributed by atoms with E-state index in [-0.39, 0.29) is 11.8 Å². The molecule has 25 heavy (non-hydrogen) atoms. The molecule has 3 heterocycles. The molecule has 0 aromatic rings. The van der Waals surface area contributed by atoms with Crippen LogP contribution in [0, 0.1) is 5.92 Å². The van der Waals surface area contributed by atoms with Crippen molar-refractivity contribution < 1.29 is 9.59 Å². The number of allylic oxidation sites excluding steroid dienone is 1. The number of hydrogen-bond acceptors (Lipinski definition) is 3. The zero-order valence-corrected chi connectivity index (χ0v) is 15.9. The van der Waals surface area contributed by atoms with Crippen molar-refractivity contribution in [3.05, 3.63) is 11.6 Å². The predicted octanol–water partition coefficient (Wildman–Crippen LogP) is 2.28. The van der Waals surface area contributed by atoms with Gasteiger partial charge in [0.1, 0.15) is 0 Å². The Kier molecular flexibility index (Phi) is 6.15. The summed E-state index contributed by atoms with van der Waals surface area (Å²) in [4.78, 5) is 31.4. The molecule has 3 rings (SSSR count). The molecule has 2 amide bonds. The Balaban J connectivity index is 1.43. The van der Waals surface area contributed by atoms with Gasteiger partial charge >= 0.3 is 0 Å². The molecule has 0 aliphatic carbocycles. The Morgan fingerprint density at radius 3 is 2.00 bits per heavy atom.